The molecule has 6 N–H and O–H groups in total. The summed E-state index contributed by atoms with van der Waals surface area (Å²) >= 11 is 0. The first-order chi connectivity index (χ1) is 38.5. The van der Waals surface area contributed by atoms with Gasteiger partial charge in [0.25, 0.3) is 0 Å². The number of aromatic nitrogens is 8. The molecule has 4 aliphatic rings. The Hall–Kier alpha value is -7.82. The van der Waals surface area contributed by atoms with Gasteiger partial charge >= 0.3 is 12.2 Å². The van der Waals surface area contributed by atoms with Gasteiger partial charge in [0.15, 0.2) is 0 Å². The Balaban J connectivity index is 0.000000179. The second-order valence-corrected chi connectivity index (χ2v) is 23.8. The highest BCUT2D eigenvalue weighted by Crippen LogP contribution is 2.37. The van der Waals surface area contributed by atoms with Crippen molar-refractivity contribution in [3.05, 3.63) is 144 Å². The number of nitrogens with zero attached hydrogens (tertiary/aromatic N) is 6. The Morgan fingerprint density at radius 3 is 1.24 bits per heavy atom. The standard InChI is InChI=1S/C37H46N6O4.C27H30N6/c1-23-31(41-33(39-23)30-11-9-21-43(30)35(45)47-37(5,6)7)27-18-14-25(15-19-27)24-12-16-26(17-13-24)28-22-38-32(40-28)29-10-8-20-42(29)34(44)46-36(2,3)4;1-17-25(33-27(31-17)23-5-3-15-29-23)21-12-8-19(9-13-21)18-6-10-20(11-7-18)24-16-30-26(32-24)22-4-2-14-28-22/h12-19,22,29-30H,8-11,20-21H2,1-7H3,(H,38,40)(H,39,41);6-13,16,22-23,28-29H,2-5,14-15H2,1H3,(H,30,32)(H,31,33)/t29-,30-;22-,23-/m00/s1. The smallest absolute Gasteiger partial charge is 0.410 e. The van der Waals surface area contributed by atoms with Crippen LogP contribution in [0.25, 0.3) is 67.3 Å². The van der Waals surface area contributed by atoms with Gasteiger partial charge in [0.05, 0.1) is 59.3 Å². The molecule has 4 saturated heterocycles. The fourth-order valence-electron chi connectivity index (χ4n) is 11.5. The fraction of sp³-hybridized carbons (Fsp3) is 0.406. The minimum atomic E-state index is -0.540. The molecule has 4 aromatic carbocycles. The fourth-order valence-corrected chi connectivity index (χ4v) is 11.5. The van der Waals surface area contributed by atoms with Gasteiger partial charge in [-0.25, -0.2) is 29.5 Å². The summed E-state index contributed by atoms with van der Waals surface area (Å²) in [6, 6.07) is 34.7. The molecule has 16 heteroatoms. The van der Waals surface area contributed by atoms with E-state index >= 15 is 0 Å². The number of hydrogen-bond acceptors (Lipinski definition) is 10. The first-order valence-electron chi connectivity index (χ1n) is 28.6. The Morgan fingerprint density at radius 2 is 0.812 bits per heavy atom. The number of rotatable bonds is 10. The molecule has 0 unspecified atom stereocenters. The highest BCUT2D eigenvalue weighted by Gasteiger charge is 2.37. The van der Waals surface area contributed by atoms with E-state index in [2.05, 4.69) is 145 Å². The Bertz CT molecular complexity index is 3400. The number of aromatic amines is 4. The average Bonchev–Trinajstić information content (AvgIpc) is 4.29. The summed E-state index contributed by atoms with van der Waals surface area (Å²) in [5, 5.41) is 7.02. The normalized spacial score (nSPS) is 19.4. The molecule has 2 amide bonds. The van der Waals surface area contributed by atoms with Crippen molar-refractivity contribution in [2.45, 2.75) is 142 Å². The van der Waals surface area contributed by atoms with Crippen molar-refractivity contribution < 1.29 is 19.1 Å². The maximum atomic E-state index is 12.8. The quantitative estimate of drug-likeness (QED) is 0.0766. The van der Waals surface area contributed by atoms with Crippen molar-refractivity contribution in [2.75, 3.05) is 26.2 Å². The summed E-state index contributed by atoms with van der Waals surface area (Å²) in [4.78, 5) is 62.2. The molecule has 4 atom stereocenters. The van der Waals surface area contributed by atoms with Gasteiger partial charge in [-0.05, 0) is 153 Å². The van der Waals surface area contributed by atoms with Gasteiger partial charge in [0.2, 0.25) is 0 Å². The number of hydrogen-bond donors (Lipinski definition) is 6. The van der Waals surface area contributed by atoms with Crippen LogP contribution in [0, 0.1) is 13.8 Å². The summed E-state index contributed by atoms with van der Waals surface area (Å²) in [6.45, 7) is 18.9. The number of carbonyl (C=O) groups excluding carboxylic acids is 2. The predicted molar refractivity (Wildman–Crippen MR) is 313 cm³/mol. The van der Waals surface area contributed by atoms with Crippen LogP contribution in [0.2, 0.25) is 0 Å². The average molecular weight is 1080 g/mol. The van der Waals surface area contributed by atoms with Crippen LogP contribution in [0.3, 0.4) is 0 Å². The van der Waals surface area contributed by atoms with Crippen molar-refractivity contribution in [1.82, 2.24) is 60.3 Å². The summed E-state index contributed by atoms with van der Waals surface area (Å²) in [5.41, 5.74) is 13.9. The molecule has 4 fully saturated rings. The molecule has 0 radical (unpaired) electrons. The number of benzene rings is 4. The van der Waals surface area contributed by atoms with Crippen LogP contribution in [0.15, 0.2) is 109 Å². The molecular formula is C64H76N12O4. The molecule has 8 heterocycles. The molecule has 12 rings (SSSR count). The van der Waals surface area contributed by atoms with Crippen molar-refractivity contribution in [3.63, 3.8) is 0 Å². The summed E-state index contributed by atoms with van der Waals surface area (Å²) in [6.07, 6.45) is 11.5. The Labute approximate surface area is 469 Å². The molecule has 0 bridgehead atoms. The summed E-state index contributed by atoms with van der Waals surface area (Å²) < 4.78 is 11.3. The van der Waals surface area contributed by atoms with Gasteiger partial charge < -0.3 is 40.0 Å². The molecule has 0 aliphatic carbocycles. The lowest BCUT2D eigenvalue weighted by Crippen LogP contribution is -2.36. The van der Waals surface area contributed by atoms with Crippen molar-refractivity contribution in [3.8, 4) is 67.3 Å². The van der Waals surface area contributed by atoms with Gasteiger partial charge in [-0.3, -0.25) is 9.80 Å². The first-order valence-corrected chi connectivity index (χ1v) is 28.6. The molecule has 8 aromatic rings. The molecule has 416 valence electrons. The predicted octanol–water partition coefficient (Wildman–Crippen LogP) is 13.9. The van der Waals surface area contributed by atoms with Gasteiger partial charge in [-0.1, -0.05) is 97.1 Å². The van der Waals surface area contributed by atoms with Crippen LogP contribution < -0.4 is 10.6 Å². The van der Waals surface area contributed by atoms with Crippen LogP contribution in [-0.2, 0) is 9.47 Å². The van der Waals surface area contributed by atoms with Crippen LogP contribution in [-0.4, -0.2) is 99.2 Å². The van der Waals surface area contributed by atoms with E-state index in [1.54, 1.807) is 9.80 Å². The zero-order valence-electron chi connectivity index (χ0n) is 47.5. The van der Waals surface area contributed by atoms with Crippen molar-refractivity contribution in [2.24, 2.45) is 0 Å². The van der Waals surface area contributed by atoms with Gasteiger partial charge in [-0.15, -0.1) is 0 Å². The summed E-state index contributed by atoms with van der Waals surface area (Å²) in [7, 11) is 0. The Morgan fingerprint density at radius 1 is 0.450 bits per heavy atom. The van der Waals surface area contributed by atoms with E-state index in [1.165, 1.54) is 24.0 Å². The minimum Gasteiger partial charge on any atom is -0.444 e. The highest BCUT2D eigenvalue weighted by molar-refractivity contribution is 5.75. The topological polar surface area (TPSA) is 198 Å². The third kappa shape index (κ3) is 12.2. The zero-order valence-corrected chi connectivity index (χ0v) is 47.5. The molecule has 16 nitrogen and oxygen atoms in total. The van der Waals surface area contributed by atoms with E-state index in [4.69, 9.17) is 19.4 Å². The number of amides is 2. The van der Waals surface area contributed by atoms with Gasteiger partial charge in [0.1, 0.15) is 34.5 Å². The zero-order chi connectivity index (χ0) is 55.7. The van der Waals surface area contributed by atoms with Crippen LogP contribution in [0.4, 0.5) is 9.59 Å². The monoisotopic (exact) mass is 1080 g/mol. The van der Waals surface area contributed by atoms with Gasteiger partial charge in [-0.2, -0.15) is 0 Å². The molecule has 0 spiro atoms. The van der Waals surface area contributed by atoms with Crippen LogP contribution in [0.1, 0.15) is 152 Å². The second kappa shape index (κ2) is 22.7. The molecule has 4 aliphatic heterocycles. The molecular weight excluding hydrogens is 1000 g/mol. The SMILES string of the molecule is Cc1[nH]c([C@@H]2CCCN2)nc1-c1ccc(-c2ccc(-c3cnc([C@@H]4CCCN4)[nH]3)cc2)cc1.Cc1[nH]c([C@@H]2CCCN2C(=O)OC(C)(C)C)nc1-c1ccc(-c2ccc(-c3cnc([C@@H]4CCCN4C(=O)OC(C)(C)C)[nH]3)cc2)cc1. The number of nitrogens with one attached hydrogen (secondary N) is 6. The minimum absolute atomic E-state index is 0.118. The van der Waals surface area contributed by atoms with E-state index in [0.29, 0.717) is 25.2 Å². The molecule has 0 saturated carbocycles. The number of carbonyl (C=O) groups is 2. The van der Waals surface area contributed by atoms with Crippen molar-refractivity contribution in [1.29, 1.82) is 0 Å². The number of aryl methyl sites for hydroxylation is 2. The largest absolute Gasteiger partial charge is 0.444 e. The highest BCUT2D eigenvalue weighted by atomic mass is 16.6. The Kier molecular flexibility index (Phi) is 15.4. The van der Waals surface area contributed by atoms with Crippen molar-refractivity contribution >= 4 is 12.2 Å². The summed E-state index contributed by atoms with van der Waals surface area (Å²) in [5.74, 6) is 3.69. The number of H-pyrrole nitrogens is 4. The number of ether oxygens (including phenoxy) is 2. The number of imidazole rings is 4. The van der Waals surface area contributed by atoms with E-state index in [1.807, 2.05) is 60.9 Å². The third-order valence-corrected chi connectivity index (χ3v) is 15.5. The van der Waals surface area contributed by atoms with Crippen LogP contribution >= 0.6 is 0 Å². The van der Waals surface area contributed by atoms with E-state index in [9.17, 15) is 9.59 Å². The first kappa shape index (κ1) is 54.2. The second-order valence-electron chi connectivity index (χ2n) is 23.8. The van der Waals surface area contributed by atoms with E-state index in [0.717, 1.165) is 142 Å². The lowest BCUT2D eigenvalue weighted by molar-refractivity contribution is 0.0208. The maximum absolute atomic E-state index is 12.8. The lowest BCUT2D eigenvalue weighted by atomic mass is 10.0. The van der Waals surface area contributed by atoms with E-state index < -0.39 is 11.2 Å². The van der Waals surface area contributed by atoms with Gasteiger partial charge in [0, 0.05) is 35.6 Å². The van der Waals surface area contributed by atoms with E-state index in [-0.39, 0.29) is 24.3 Å². The lowest BCUT2D eigenvalue weighted by Gasteiger charge is -2.27. The maximum Gasteiger partial charge on any atom is 0.410 e. The third-order valence-electron chi connectivity index (χ3n) is 15.5. The molecule has 80 heavy (non-hydrogen) atoms. The van der Waals surface area contributed by atoms with Crippen LogP contribution in [0.5, 0.6) is 0 Å². The molecule has 4 aromatic heterocycles. The number of likely N-dealkylation sites (tertiary alicyclic amines) is 2.